The van der Waals surface area contributed by atoms with Crippen molar-refractivity contribution in [2.24, 2.45) is 23.2 Å². The number of aliphatic carboxylic acids is 1. The Balaban J connectivity index is 2.41. The van der Waals surface area contributed by atoms with Gasteiger partial charge in [0.1, 0.15) is 0 Å². The number of carboxylic acid groups (broad SMARTS) is 1. The van der Waals surface area contributed by atoms with Gasteiger partial charge in [0, 0.05) is 0 Å². The SMILES string of the molecule is COC(=O)C1(C)C2C=CC(C2)C1C(=O)O. The van der Waals surface area contributed by atoms with E-state index in [-0.39, 0.29) is 11.8 Å². The van der Waals surface area contributed by atoms with Gasteiger partial charge < -0.3 is 9.84 Å². The normalized spacial score (nSPS) is 41.9. The summed E-state index contributed by atoms with van der Waals surface area (Å²) in [6.45, 7) is 1.70. The minimum absolute atomic E-state index is 0.0102. The number of carbonyl (C=O) groups excluding carboxylic acids is 1. The molecule has 0 aromatic heterocycles. The molecule has 0 heterocycles. The van der Waals surface area contributed by atoms with Crippen molar-refractivity contribution in [3.8, 4) is 0 Å². The molecule has 0 saturated heterocycles. The molecule has 2 rings (SSSR count). The highest BCUT2D eigenvalue weighted by Crippen LogP contribution is 2.56. The maximum atomic E-state index is 11.7. The lowest BCUT2D eigenvalue weighted by molar-refractivity contribution is -0.164. The number of methoxy groups -OCH3 is 1. The van der Waals surface area contributed by atoms with Crippen LogP contribution in [0.5, 0.6) is 0 Å². The summed E-state index contributed by atoms with van der Waals surface area (Å²) in [4.78, 5) is 22.9. The van der Waals surface area contributed by atoms with Crippen LogP contribution >= 0.6 is 0 Å². The number of allylic oxidation sites excluding steroid dienone is 2. The van der Waals surface area contributed by atoms with Crippen LogP contribution in [0.2, 0.25) is 0 Å². The minimum Gasteiger partial charge on any atom is -0.481 e. The van der Waals surface area contributed by atoms with Gasteiger partial charge in [-0.2, -0.15) is 0 Å². The zero-order chi connectivity index (χ0) is 11.2. The average Bonchev–Trinajstić information content (AvgIpc) is 2.74. The fourth-order valence-corrected chi connectivity index (χ4v) is 3.03. The summed E-state index contributed by atoms with van der Waals surface area (Å²) in [7, 11) is 1.31. The third kappa shape index (κ3) is 1.14. The van der Waals surface area contributed by atoms with Gasteiger partial charge >= 0.3 is 11.9 Å². The number of carboxylic acids is 1. The molecule has 0 radical (unpaired) electrons. The molecular formula is C11H14O4. The molecule has 2 aliphatic carbocycles. The Morgan fingerprint density at radius 1 is 1.47 bits per heavy atom. The summed E-state index contributed by atoms with van der Waals surface area (Å²) in [6.07, 6.45) is 4.61. The van der Waals surface area contributed by atoms with Crippen molar-refractivity contribution in [1.29, 1.82) is 0 Å². The molecule has 2 bridgehead atoms. The zero-order valence-corrected chi connectivity index (χ0v) is 8.77. The van der Waals surface area contributed by atoms with Gasteiger partial charge in [0.25, 0.3) is 0 Å². The molecule has 0 aromatic carbocycles. The van der Waals surface area contributed by atoms with E-state index in [1.165, 1.54) is 7.11 Å². The number of hydrogen-bond donors (Lipinski definition) is 1. The van der Waals surface area contributed by atoms with E-state index in [2.05, 4.69) is 0 Å². The van der Waals surface area contributed by atoms with Crippen molar-refractivity contribution < 1.29 is 19.4 Å². The second-order valence-electron chi connectivity index (χ2n) is 4.48. The van der Waals surface area contributed by atoms with Gasteiger partial charge in [-0.3, -0.25) is 9.59 Å². The molecule has 4 atom stereocenters. The first-order chi connectivity index (χ1) is 7.01. The number of carbonyl (C=O) groups is 2. The van der Waals surface area contributed by atoms with Gasteiger partial charge in [-0.1, -0.05) is 12.2 Å². The molecule has 0 aromatic rings. The van der Waals surface area contributed by atoms with Gasteiger partial charge in [-0.05, 0) is 25.2 Å². The topological polar surface area (TPSA) is 63.6 Å². The molecular weight excluding hydrogens is 196 g/mol. The van der Waals surface area contributed by atoms with Crippen molar-refractivity contribution in [3.05, 3.63) is 12.2 Å². The summed E-state index contributed by atoms with van der Waals surface area (Å²) in [5, 5.41) is 9.17. The summed E-state index contributed by atoms with van der Waals surface area (Å²) >= 11 is 0. The highest BCUT2D eigenvalue weighted by Gasteiger charge is 2.61. The largest absolute Gasteiger partial charge is 0.481 e. The number of ether oxygens (including phenoxy) is 1. The quantitative estimate of drug-likeness (QED) is 0.547. The van der Waals surface area contributed by atoms with E-state index >= 15 is 0 Å². The van der Waals surface area contributed by atoms with E-state index < -0.39 is 23.3 Å². The number of hydrogen-bond acceptors (Lipinski definition) is 3. The molecule has 4 nitrogen and oxygen atoms in total. The van der Waals surface area contributed by atoms with E-state index in [9.17, 15) is 14.7 Å². The van der Waals surface area contributed by atoms with Crippen molar-refractivity contribution in [2.75, 3.05) is 7.11 Å². The van der Waals surface area contributed by atoms with Crippen LogP contribution in [0.4, 0.5) is 0 Å². The Morgan fingerprint density at radius 2 is 2.13 bits per heavy atom. The van der Waals surface area contributed by atoms with Gasteiger partial charge in [0.15, 0.2) is 0 Å². The van der Waals surface area contributed by atoms with Gasteiger partial charge in [0.2, 0.25) is 0 Å². The number of rotatable bonds is 2. The van der Waals surface area contributed by atoms with Crippen molar-refractivity contribution in [1.82, 2.24) is 0 Å². The Hall–Kier alpha value is -1.32. The second-order valence-corrected chi connectivity index (χ2v) is 4.48. The summed E-state index contributed by atoms with van der Waals surface area (Å²) in [5.74, 6) is -1.96. The standard InChI is InChI=1S/C11H14O4/c1-11(10(14)15-2)7-4-3-6(5-7)8(11)9(12)13/h3-4,6-8H,5H2,1-2H3,(H,12,13). The molecule has 0 amide bonds. The van der Waals surface area contributed by atoms with Crippen molar-refractivity contribution in [3.63, 3.8) is 0 Å². The van der Waals surface area contributed by atoms with E-state index in [0.29, 0.717) is 0 Å². The average molecular weight is 210 g/mol. The summed E-state index contributed by atoms with van der Waals surface area (Å²) in [6, 6.07) is 0. The zero-order valence-electron chi connectivity index (χ0n) is 8.77. The minimum atomic E-state index is -0.903. The molecule has 0 aliphatic heterocycles. The maximum Gasteiger partial charge on any atom is 0.313 e. The lowest BCUT2D eigenvalue weighted by Gasteiger charge is -2.33. The molecule has 2 aliphatic rings. The van der Waals surface area contributed by atoms with Crippen LogP contribution in [0.15, 0.2) is 12.2 Å². The third-order valence-electron chi connectivity index (χ3n) is 3.85. The lowest BCUT2D eigenvalue weighted by atomic mass is 9.70. The van der Waals surface area contributed by atoms with Crippen LogP contribution in [0, 0.1) is 23.2 Å². The maximum absolute atomic E-state index is 11.7. The monoisotopic (exact) mass is 210 g/mol. The Bertz CT molecular complexity index is 346. The van der Waals surface area contributed by atoms with Crippen LogP contribution in [0.3, 0.4) is 0 Å². The van der Waals surface area contributed by atoms with Crippen LogP contribution in [-0.4, -0.2) is 24.2 Å². The molecule has 1 saturated carbocycles. The highest BCUT2D eigenvalue weighted by molar-refractivity contribution is 5.86. The van der Waals surface area contributed by atoms with Crippen LogP contribution in [-0.2, 0) is 14.3 Å². The molecule has 82 valence electrons. The molecule has 1 fully saturated rings. The van der Waals surface area contributed by atoms with E-state index in [1.54, 1.807) is 6.92 Å². The number of esters is 1. The Labute approximate surface area is 87.9 Å². The number of fused-ring (bicyclic) bond motifs is 2. The molecule has 1 N–H and O–H groups in total. The fourth-order valence-electron chi connectivity index (χ4n) is 3.03. The summed E-state index contributed by atoms with van der Waals surface area (Å²) < 4.78 is 4.73. The van der Waals surface area contributed by atoms with Crippen molar-refractivity contribution >= 4 is 11.9 Å². The first-order valence-electron chi connectivity index (χ1n) is 5.01. The summed E-state index contributed by atoms with van der Waals surface area (Å²) in [5.41, 5.74) is -0.889. The van der Waals surface area contributed by atoms with E-state index in [1.807, 2.05) is 12.2 Å². The van der Waals surface area contributed by atoms with Crippen LogP contribution in [0.1, 0.15) is 13.3 Å². The van der Waals surface area contributed by atoms with Crippen molar-refractivity contribution in [2.45, 2.75) is 13.3 Å². The lowest BCUT2D eigenvalue weighted by Crippen LogP contribution is -2.43. The smallest absolute Gasteiger partial charge is 0.313 e. The second kappa shape index (κ2) is 3.08. The highest BCUT2D eigenvalue weighted by atomic mass is 16.5. The van der Waals surface area contributed by atoms with Crippen LogP contribution < -0.4 is 0 Å². The van der Waals surface area contributed by atoms with E-state index in [4.69, 9.17) is 4.74 Å². The van der Waals surface area contributed by atoms with Gasteiger partial charge in [-0.15, -0.1) is 0 Å². The van der Waals surface area contributed by atoms with Crippen LogP contribution in [0.25, 0.3) is 0 Å². The van der Waals surface area contributed by atoms with E-state index in [0.717, 1.165) is 6.42 Å². The Morgan fingerprint density at radius 3 is 2.67 bits per heavy atom. The van der Waals surface area contributed by atoms with Gasteiger partial charge in [0.05, 0.1) is 18.4 Å². The molecule has 0 spiro atoms. The Kier molecular flexibility index (Phi) is 2.10. The molecule has 4 heteroatoms. The van der Waals surface area contributed by atoms with Gasteiger partial charge in [-0.25, -0.2) is 0 Å². The third-order valence-corrected chi connectivity index (χ3v) is 3.85. The fraction of sp³-hybridized carbons (Fsp3) is 0.636. The molecule has 4 unspecified atom stereocenters. The predicted molar refractivity (Wildman–Crippen MR) is 52.0 cm³/mol. The molecule has 15 heavy (non-hydrogen) atoms. The first-order valence-corrected chi connectivity index (χ1v) is 5.01. The predicted octanol–water partition coefficient (Wildman–Crippen LogP) is 1.07. The first kappa shape index (κ1) is 10.2.